The molecule has 1 heterocycles. The molecular formula is C17H18ClN3O2S. The van der Waals surface area contributed by atoms with Crippen LogP contribution in [0.25, 0.3) is 0 Å². The standard InChI is InChI=1S/C17H18ClN3O2S/c1-3-23-17(22)15-14(13(8-19)16(20)24-15)9-21-10(2)11-5-4-6-12(18)7-11/h4-7,10,21H,3,9,20H2,1-2H3/t10-/m1/s1. The number of anilines is 1. The van der Waals surface area contributed by atoms with Gasteiger partial charge in [0, 0.05) is 23.2 Å². The van der Waals surface area contributed by atoms with E-state index in [4.69, 9.17) is 22.1 Å². The third-order valence-electron chi connectivity index (χ3n) is 3.54. The Hall–Kier alpha value is -2.07. The molecular weight excluding hydrogens is 346 g/mol. The second-order valence-corrected chi connectivity index (χ2v) is 6.63. The molecule has 0 aliphatic heterocycles. The van der Waals surface area contributed by atoms with E-state index < -0.39 is 5.97 Å². The van der Waals surface area contributed by atoms with Gasteiger partial charge in [-0.2, -0.15) is 5.26 Å². The van der Waals surface area contributed by atoms with Crippen LogP contribution in [0, 0.1) is 11.3 Å². The van der Waals surface area contributed by atoms with Crippen LogP contribution in [0.2, 0.25) is 5.02 Å². The van der Waals surface area contributed by atoms with Gasteiger partial charge in [0.1, 0.15) is 15.9 Å². The first-order valence-electron chi connectivity index (χ1n) is 7.45. The second kappa shape index (κ2) is 8.15. The lowest BCUT2D eigenvalue weighted by molar-refractivity contribution is 0.0530. The summed E-state index contributed by atoms with van der Waals surface area (Å²) in [4.78, 5) is 12.5. The Kier molecular flexibility index (Phi) is 6.21. The summed E-state index contributed by atoms with van der Waals surface area (Å²) in [5.41, 5.74) is 7.79. The third-order valence-corrected chi connectivity index (χ3v) is 4.82. The summed E-state index contributed by atoms with van der Waals surface area (Å²) in [5.74, 6) is -0.456. The second-order valence-electron chi connectivity index (χ2n) is 5.14. The van der Waals surface area contributed by atoms with E-state index in [-0.39, 0.29) is 12.6 Å². The molecule has 0 radical (unpaired) electrons. The molecule has 0 saturated carbocycles. The Balaban J connectivity index is 2.22. The molecule has 0 saturated heterocycles. The lowest BCUT2D eigenvalue weighted by Crippen LogP contribution is -2.20. The Morgan fingerprint density at radius 3 is 2.92 bits per heavy atom. The van der Waals surface area contributed by atoms with Crippen LogP contribution in [0.4, 0.5) is 5.00 Å². The number of nitriles is 1. The molecule has 24 heavy (non-hydrogen) atoms. The molecule has 0 aliphatic rings. The molecule has 7 heteroatoms. The molecule has 0 unspecified atom stereocenters. The van der Waals surface area contributed by atoms with E-state index in [0.717, 1.165) is 16.9 Å². The first-order chi connectivity index (χ1) is 11.5. The van der Waals surface area contributed by atoms with Crippen molar-refractivity contribution in [2.24, 2.45) is 0 Å². The lowest BCUT2D eigenvalue weighted by Gasteiger charge is -2.15. The molecule has 0 spiro atoms. The molecule has 0 aliphatic carbocycles. The molecule has 1 aromatic carbocycles. The fraction of sp³-hybridized carbons (Fsp3) is 0.294. The number of nitrogens with two attached hydrogens (primary N) is 1. The van der Waals surface area contributed by atoms with Gasteiger partial charge in [0.25, 0.3) is 0 Å². The summed E-state index contributed by atoms with van der Waals surface area (Å²) in [6, 6.07) is 9.59. The van der Waals surface area contributed by atoms with Crippen molar-refractivity contribution in [2.45, 2.75) is 26.4 Å². The maximum Gasteiger partial charge on any atom is 0.348 e. The highest BCUT2D eigenvalue weighted by Gasteiger charge is 2.23. The minimum Gasteiger partial charge on any atom is -0.462 e. The van der Waals surface area contributed by atoms with E-state index in [2.05, 4.69) is 11.4 Å². The van der Waals surface area contributed by atoms with Gasteiger partial charge < -0.3 is 15.8 Å². The van der Waals surface area contributed by atoms with Crippen LogP contribution in [-0.2, 0) is 11.3 Å². The smallest absolute Gasteiger partial charge is 0.348 e. The summed E-state index contributed by atoms with van der Waals surface area (Å²) in [6.07, 6.45) is 0. The van der Waals surface area contributed by atoms with E-state index in [9.17, 15) is 10.1 Å². The fourth-order valence-electron chi connectivity index (χ4n) is 2.29. The number of hydrogen-bond donors (Lipinski definition) is 2. The molecule has 2 rings (SSSR count). The maximum atomic E-state index is 12.1. The quantitative estimate of drug-likeness (QED) is 0.760. The predicted molar refractivity (Wildman–Crippen MR) is 96.1 cm³/mol. The predicted octanol–water partition coefficient (Wildman–Crippen LogP) is 3.88. The number of carbonyl (C=O) groups is 1. The molecule has 0 bridgehead atoms. The summed E-state index contributed by atoms with van der Waals surface area (Å²) < 4.78 is 5.05. The van der Waals surface area contributed by atoms with E-state index in [0.29, 0.717) is 32.6 Å². The van der Waals surface area contributed by atoms with Crippen LogP contribution in [-0.4, -0.2) is 12.6 Å². The van der Waals surface area contributed by atoms with E-state index in [1.165, 1.54) is 0 Å². The van der Waals surface area contributed by atoms with Crippen molar-refractivity contribution in [3.05, 3.63) is 50.9 Å². The van der Waals surface area contributed by atoms with Gasteiger partial charge in [0.2, 0.25) is 0 Å². The number of thiophene rings is 1. The van der Waals surface area contributed by atoms with Crippen LogP contribution in [0.3, 0.4) is 0 Å². The number of hydrogen-bond acceptors (Lipinski definition) is 6. The van der Waals surface area contributed by atoms with Gasteiger partial charge in [-0.25, -0.2) is 4.79 Å². The summed E-state index contributed by atoms with van der Waals surface area (Å²) in [7, 11) is 0. The van der Waals surface area contributed by atoms with E-state index in [1.54, 1.807) is 6.92 Å². The third kappa shape index (κ3) is 4.06. The van der Waals surface area contributed by atoms with Crippen molar-refractivity contribution in [1.82, 2.24) is 5.32 Å². The van der Waals surface area contributed by atoms with Gasteiger partial charge in [-0.15, -0.1) is 11.3 Å². The zero-order chi connectivity index (χ0) is 17.7. The van der Waals surface area contributed by atoms with Crippen molar-refractivity contribution in [1.29, 1.82) is 5.26 Å². The van der Waals surface area contributed by atoms with Gasteiger partial charge >= 0.3 is 5.97 Å². The maximum absolute atomic E-state index is 12.1. The first kappa shape index (κ1) is 18.3. The fourth-order valence-corrected chi connectivity index (χ4v) is 3.42. The molecule has 5 nitrogen and oxygen atoms in total. The van der Waals surface area contributed by atoms with Crippen LogP contribution in [0.5, 0.6) is 0 Å². The molecule has 3 N–H and O–H groups in total. The normalized spacial score (nSPS) is 11.8. The largest absolute Gasteiger partial charge is 0.462 e. The number of rotatable bonds is 6. The number of nitrogen functional groups attached to an aromatic ring is 1. The number of nitrogens with one attached hydrogen (secondary N) is 1. The van der Waals surface area contributed by atoms with Gasteiger partial charge in [0.15, 0.2) is 0 Å². The Labute approximate surface area is 150 Å². The van der Waals surface area contributed by atoms with Gasteiger partial charge in [-0.3, -0.25) is 0 Å². The summed E-state index contributed by atoms with van der Waals surface area (Å²) in [5, 5.41) is 13.6. The topological polar surface area (TPSA) is 88.1 Å². The van der Waals surface area contributed by atoms with E-state index in [1.807, 2.05) is 31.2 Å². The summed E-state index contributed by atoms with van der Waals surface area (Å²) in [6.45, 7) is 4.32. The molecule has 1 aromatic heterocycles. The monoisotopic (exact) mass is 363 g/mol. The van der Waals surface area contributed by atoms with Crippen LogP contribution in [0.1, 0.15) is 46.3 Å². The average Bonchev–Trinajstić information content (AvgIpc) is 2.88. The first-order valence-corrected chi connectivity index (χ1v) is 8.64. The number of esters is 1. The minimum absolute atomic E-state index is 0.00795. The molecule has 0 amide bonds. The number of carbonyl (C=O) groups excluding carboxylic acids is 1. The van der Waals surface area contributed by atoms with Crippen molar-refractivity contribution < 1.29 is 9.53 Å². The van der Waals surface area contributed by atoms with Crippen molar-refractivity contribution >= 4 is 33.9 Å². The van der Waals surface area contributed by atoms with Crippen molar-refractivity contribution in [3.63, 3.8) is 0 Å². The number of benzene rings is 1. The zero-order valence-electron chi connectivity index (χ0n) is 13.4. The van der Waals surface area contributed by atoms with Crippen LogP contribution in [0.15, 0.2) is 24.3 Å². The zero-order valence-corrected chi connectivity index (χ0v) is 15.0. The van der Waals surface area contributed by atoms with Crippen LogP contribution < -0.4 is 11.1 Å². The minimum atomic E-state index is -0.456. The molecule has 0 fully saturated rings. The molecule has 2 aromatic rings. The average molecular weight is 364 g/mol. The Morgan fingerprint density at radius 2 is 2.29 bits per heavy atom. The number of nitrogens with zero attached hydrogens (tertiary/aromatic N) is 1. The highest BCUT2D eigenvalue weighted by atomic mass is 35.5. The SMILES string of the molecule is CCOC(=O)c1sc(N)c(C#N)c1CN[C@H](C)c1cccc(Cl)c1. The molecule has 126 valence electrons. The molecule has 1 atom stereocenters. The van der Waals surface area contributed by atoms with Crippen LogP contribution >= 0.6 is 22.9 Å². The van der Waals surface area contributed by atoms with Crippen molar-refractivity contribution in [2.75, 3.05) is 12.3 Å². The Bertz CT molecular complexity index is 783. The van der Waals surface area contributed by atoms with Crippen molar-refractivity contribution in [3.8, 4) is 6.07 Å². The Morgan fingerprint density at radius 1 is 1.54 bits per heavy atom. The van der Waals surface area contributed by atoms with Gasteiger partial charge in [-0.1, -0.05) is 23.7 Å². The number of ether oxygens (including phenoxy) is 1. The highest BCUT2D eigenvalue weighted by Crippen LogP contribution is 2.31. The summed E-state index contributed by atoms with van der Waals surface area (Å²) >= 11 is 7.09. The van der Waals surface area contributed by atoms with Gasteiger partial charge in [0.05, 0.1) is 12.2 Å². The van der Waals surface area contributed by atoms with E-state index >= 15 is 0 Å². The highest BCUT2D eigenvalue weighted by molar-refractivity contribution is 7.18. The number of halogens is 1. The lowest BCUT2D eigenvalue weighted by atomic mass is 10.1. The van der Waals surface area contributed by atoms with Gasteiger partial charge in [-0.05, 0) is 31.5 Å².